The fourth-order valence-electron chi connectivity index (χ4n) is 3.82. The van der Waals surface area contributed by atoms with Crippen LogP contribution in [-0.2, 0) is 0 Å². The van der Waals surface area contributed by atoms with E-state index >= 15 is 0 Å². The Morgan fingerprint density at radius 3 is 2.14 bits per heavy atom. The lowest BCUT2D eigenvalue weighted by atomic mass is 10.0. The van der Waals surface area contributed by atoms with Crippen LogP contribution in [0.5, 0.6) is 5.75 Å². The number of nitrogens with zero attached hydrogens (tertiary/aromatic N) is 1. The molecule has 35 heavy (non-hydrogen) atoms. The maximum Gasteiger partial charge on any atom is 0.255 e. The second-order valence-electron chi connectivity index (χ2n) is 8.37. The van der Waals surface area contributed by atoms with Crippen molar-refractivity contribution in [1.29, 1.82) is 0 Å². The molecule has 1 amide bonds. The minimum absolute atomic E-state index is 0.171. The lowest BCUT2D eigenvalue weighted by Crippen LogP contribution is -2.24. The Kier molecular flexibility index (Phi) is 9.87. The van der Waals surface area contributed by atoms with Crippen LogP contribution in [0.4, 0.5) is 17.1 Å². The Morgan fingerprint density at radius 1 is 0.800 bits per heavy atom. The molecular formula is C29H35N3O3. The minimum Gasteiger partial charge on any atom is -0.497 e. The number of carbonyl (C=O) groups excluding carboxylic acids is 2. The molecule has 0 heterocycles. The van der Waals surface area contributed by atoms with E-state index in [4.69, 9.17) is 4.74 Å². The molecule has 2 N–H and O–H groups in total. The molecule has 0 aliphatic heterocycles. The summed E-state index contributed by atoms with van der Waals surface area (Å²) in [5.41, 5.74) is 3.71. The van der Waals surface area contributed by atoms with Crippen LogP contribution in [0.15, 0.2) is 72.8 Å². The van der Waals surface area contributed by atoms with Crippen LogP contribution < -0.4 is 15.4 Å². The molecule has 0 atom stereocenters. The topological polar surface area (TPSA) is 70.7 Å². The zero-order valence-electron chi connectivity index (χ0n) is 20.8. The number of benzene rings is 3. The summed E-state index contributed by atoms with van der Waals surface area (Å²) in [7, 11) is 1.59. The largest absolute Gasteiger partial charge is 0.497 e. The number of hydrogen-bond donors (Lipinski definition) is 2. The van der Waals surface area contributed by atoms with Gasteiger partial charge in [-0.3, -0.25) is 9.59 Å². The maximum atomic E-state index is 12.6. The van der Waals surface area contributed by atoms with Crippen molar-refractivity contribution >= 4 is 28.8 Å². The molecular weight excluding hydrogens is 438 g/mol. The van der Waals surface area contributed by atoms with Gasteiger partial charge in [0, 0.05) is 34.6 Å². The number of hydrogen-bond acceptors (Lipinski definition) is 5. The van der Waals surface area contributed by atoms with Crippen molar-refractivity contribution in [3.05, 3.63) is 83.9 Å². The Balaban J connectivity index is 1.52. The van der Waals surface area contributed by atoms with Crippen molar-refractivity contribution in [1.82, 2.24) is 4.90 Å². The molecule has 0 radical (unpaired) electrons. The fourth-order valence-corrected chi connectivity index (χ4v) is 3.82. The van der Waals surface area contributed by atoms with Crippen LogP contribution in [0.25, 0.3) is 0 Å². The molecule has 184 valence electrons. The highest BCUT2D eigenvalue weighted by molar-refractivity contribution is 6.04. The first-order valence-electron chi connectivity index (χ1n) is 12.2. The summed E-state index contributed by atoms with van der Waals surface area (Å²) >= 11 is 0. The highest BCUT2D eigenvalue weighted by Crippen LogP contribution is 2.21. The van der Waals surface area contributed by atoms with E-state index in [0.717, 1.165) is 49.4 Å². The highest BCUT2D eigenvalue weighted by Gasteiger charge is 2.09. The van der Waals surface area contributed by atoms with E-state index in [1.165, 1.54) is 0 Å². The number of carbonyl (C=O) groups is 2. The molecule has 3 aromatic carbocycles. The van der Waals surface area contributed by atoms with Gasteiger partial charge in [0.15, 0.2) is 5.78 Å². The molecule has 3 aromatic rings. The summed E-state index contributed by atoms with van der Waals surface area (Å²) in [4.78, 5) is 27.5. The summed E-state index contributed by atoms with van der Waals surface area (Å²) in [5, 5.41) is 6.23. The minimum atomic E-state index is -0.184. The first-order valence-corrected chi connectivity index (χ1v) is 12.2. The Bertz CT molecular complexity index is 1090. The first-order chi connectivity index (χ1) is 17.0. The number of unbranched alkanes of at least 4 members (excludes halogenated alkanes) is 1. The molecule has 0 aliphatic carbocycles. The summed E-state index contributed by atoms with van der Waals surface area (Å²) in [6, 6.07) is 22.0. The van der Waals surface area contributed by atoms with Gasteiger partial charge in [0.25, 0.3) is 5.91 Å². The number of ether oxygens (including phenoxy) is 1. The van der Waals surface area contributed by atoms with Gasteiger partial charge in [0.1, 0.15) is 5.75 Å². The van der Waals surface area contributed by atoms with E-state index in [1.54, 1.807) is 31.4 Å². The van der Waals surface area contributed by atoms with Crippen molar-refractivity contribution in [2.45, 2.75) is 33.1 Å². The number of anilines is 3. The third-order valence-corrected chi connectivity index (χ3v) is 5.99. The lowest BCUT2D eigenvalue weighted by Gasteiger charge is -2.17. The molecule has 0 aromatic heterocycles. The number of nitrogens with one attached hydrogen (secondary N) is 2. The van der Waals surface area contributed by atoms with Gasteiger partial charge in [-0.05, 0) is 93.1 Å². The van der Waals surface area contributed by atoms with E-state index < -0.39 is 0 Å². The van der Waals surface area contributed by atoms with Gasteiger partial charge in [0.05, 0.1) is 7.11 Å². The van der Waals surface area contributed by atoms with Gasteiger partial charge < -0.3 is 20.3 Å². The zero-order chi connectivity index (χ0) is 25.0. The van der Waals surface area contributed by atoms with Crippen molar-refractivity contribution in [3.8, 4) is 5.75 Å². The zero-order valence-corrected chi connectivity index (χ0v) is 20.8. The Morgan fingerprint density at radius 2 is 1.49 bits per heavy atom. The van der Waals surface area contributed by atoms with Crippen LogP contribution in [0.1, 0.15) is 53.8 Å². The Hall–Kier alpha value is -3.64. The molecule has 0 bridgehead atoms. The van der Waals surface area contributed by atoms with E-state index in [0.29, 0.717) is 23.4 Å². The monoisotopic (exact) mass is 473 g/mol. The number of Topliss-reactive ketones (excluding diaryl/α,β-unsaturated/α-hetero) is 1. The summed E-state index contributed by atoms with van der Waals surface area (Å²) in [6.07, 6.45) is 2.50. The van der Waals surface area contributed by atoms with E-state index in [9.17, 15) is 9.59 Å². The normalized spacial score (nSPS) is 10.7. The first kappa shape index (κ1) is 26.0. The molecule has 0 unspecified atom stereocenters. The predicted octanol–water partition coefficient (Wildman–Crippen LogP) is 6.39. The standard InChI is InChI=1S/C29H35N3O3/c1-4-32(5-2)20-7-6-11-28(33)23-9-8-10-26(21-23)30-24-14-16-25(17-15-24)31-29(34)22-12-18-27(35-3)19-13-22/h8-10,12-19,21,30H,4-7,11,20H2,1-3H3,(H,31,34). The van der Waals surface area contributed by atoms with Crippen molar-refractivity contribution in [3.63, 3.8) is 0 Å². The predicted molar refractivity (Wildman–Crippen MR) is 143 cm³/mol. The molecule has 0 fully saturated rings. The van der Waals surface area contributed by atoms with Crippen molar-refractivity contribution in [2.24, 2.45) is 0 Å². The van der Waals surface area contributed by atoms with Gasteiger partial charge in [-0.15, -0.1) is 0 Å². The van der Waals surface area contributed by atoms with E-state index in [1.807, 2.05) is 48.5 Å². The second kappa shape index (κ2) is 13.3. The van der Waals surface area contributed by atoms with Gasteiger partial charge in [-0.25, -0.2) is 0 Å². The van der Waals surface area contributed by atoms with Crippen LogP contribution in [-0.4, -0.2) is 43.3 Å². The van der Waals surface area contributed by atoms with Crippen molar-refractivity contribution in [2.75, 3.05) is 37.4 Å². The average Bonchev–Trinajstić information content (AvgIpc) is 2.90. The maximum absolute atomic E-state index is 12.6. The van der Waals surface area contributed by atoms with Gasteiger partial charge in [0.2, 0.25) is 0 Å². The summed E-state index contributed by atoms with van der Waals surface area (Å²) in [6.45, 7) is 7.47. The number of amides is 1. The van der Waals surface area contributed by atoms with Gasteiger partial charge in [-0.1, -0.05) is 26.0 Å². The molecule has 3 rings (SSSR count). The SMILES string of the molecule is CCN(CC)CCCCC(=O)c1cccc(Nc2ccc(NC(=O)c3ccc(OC)cc3)cc2)c1. The smallest absolute Gasteiger partial charge is 0.255 e. The second-order valence-corrected chi connectivity index (χ2v) is 8.37. The molecule has 6 nitrogen and oxygen atoms in total. The molecule has 0 aliphatic rings. The van der Waals surface area contributed by atoms with Crippen LogP contribution in [0.3, 0.4) is 0 Å². The number of ketones is 1. The van der Waals surface area contributed by atoms with Crippen molar-refractivity contribution < 1.29 is 14.3 Å². The van der Waals surface area contributed by atoms with Gasteiger partial charge in [-0.2, -0.15) is 0 Å². The highest BCUT2D eigenvalue weighted by atomic mass is 16.5. The molecule has 6 heteroatoms. The van der Waals surface area contributed by atoms with Crippen LogP contribution in [0.2, 0.25) is 0 Å². The van der Waals surface area contributed by atoms with E-state index in [2.05, 4.69) is 29.4 Å². The van der Waals surface area contributed by atoms with E-state index in [-0.39, 0.29) is 11.7 Å². The summed E-state index contributed by atoms with van der Waals surface area (Å²) < 4.78 is 5.13. The lowest BCUT2D eigenvalue weighted by molar-refractivity contribution is 0.0976. The molecule has 0 spiro atoms. The average molecular weight is 474 g/mol. The third-order valence-electron chi connectivity index (χ3n) is 5.99. The van der Waals surface area contributed by atoms with Crippen LogP contribution >= 0.6 is 0 Å². The molecule has 0 saturated carbocycles. The number of methoxy groups -OCH3 is 1. The quantitative estimate of drug-likeness (QED) is 0.222. The van der Waals surface area contributed by atoms with Crippen LogP contribution in [0, 0.1) is 0 Å². The Labute approximate surface area is 208 Å². The van der Waals surface area contributed by atoms with Gasteiger partial charge >= 0.3 is 0 Å². The summed E-state index contributed by atoms with van der Waals surface area (Å²) in [5.74, 6) is 0.694. The fraction of sp³-hybridized carbons (Fsp3) is 0.310. The number of rotatable bonds is 13. The third kappa shape index (κ3) is 7.97. The molecule has 0 saturated heterocycles.